The van der Waals surface area contributed by atoms with Crippen LogP contribution in [-0.2, 0) is 14.3 Å². The van der Waals surface area contributed by atoms with Gasteiger partial charge in [0, 0.05) is 12.1 Å². The van der Waals surface area contributed by atoms with Crippen LogP contribution >= 0.6 is 0 Å². The maximum absolute atomic E-state index is 11.6. The van der Waals surface area contributed by atoms with Crippen LogP contribution in [0.25, 0.3) is 0 Å². The average Bonchev–Trinajstić information content (AvgIpc) is 2.45. The quantitative estimate of drug-likeness (QED) is 0.370. The summed E-state index contributed by atoms with van der Waals surface area (Å²) in [6, 6.07) is 3.74. The molecule has 21 heavy (non-hydrogen) atoms. The predicted octanol–water partition coefficient (Wildman–Crippen LogP) is 1.66. The van der Waals surface area contributed by atoms with Crippen LogP contribution in [0.1, 0.15) is 6.92 Å². The van der Waals surface area contributed by atoms with Crippen molar-refractivity contribution >= 4 is 23.3 Å². The molecule has 112 valence electrons. The normalized spacial score (nSPS) is 10.2. The molecular formula is C13H14N2O6. The van der Waals surface area contributed by atoms with E-state index in [1.807, 2.05) is 0 Å². The number of carbonyl (C=O) groups excluding carboxylic acids is 2. The molecular weight excluding hydrogens is 280 g/mol. The minimum Gasteiger partial charge on any atom is -0.494 e. The van der Waals surface area contributed by atoms with Gasteiger partial charge in [0.05, 0.1) is 23.8 Å². The van der Waals surface area contributed by atoms with Crippen LogP contribution in [0, 0.1) is 10.1 Å². The van der Waals surface area contributed by atoms with Gasteiger partial charge in [-0.25, -0.2) is 4.79 Å². The van der Waals surface area contributed by atoms with E-state index in [1.54, 1.807) is 6.92 Å². The number of allylic oxidation sites excluding steroid dienone is 1. The number of esters is 1. The lowest BCUT2D eigenvalue weighted by atomic mass is 10.2. The van der Waals surface area contributed by atoms with Crippen LogP contribution < -0.4 is 10.1 Å². The molecule has 0 fully saturated rings. The highest BCUT2D eigenvalue weighted by atomic mass is 16.6. The molecule has 1 rings (SSSR count). The Morgan fingerprint density at radius 3 is 2.71 bits per heavy atom. The molecule has 8 heteroatoms. The number of methoxy groups -OCH3 is 1. The summed E-state index contributed by atoms with van der Waals surface area (Å²) < 4.78 is 9.63. The Bertz CT molecular complexity index is 582. The molecule has 1 amide bonds. The van der Waals surface area contributed by atoms with E-state index >= 15 is 0 Å². The summed E-state index contributed by atoms with van der Waals surface area (Å²) in [5, 5.41) is 13.1. The van der Waals surface area contributed by atoms with Crippen LogP contribution in [0.5, 0.6) is 5.75 Å². The molecule has 0 atom stereocenters. The lowest BCUT2D eigenvalue weighted by Gasteiger charge is -2.09. The molecule has 0 saturated carbocycles. The van der Waals surface area contributed by atoms with E-state index in [2.05, 4.69) is 10.1 Å². The average molecular weight is 294 g/mol. The fourth-order valence-electron chi connectivity index (χ4n) is 1.40. The zero-order chi connectivity index (χ0) is 15.8. The van der Waals surface area contributed by atoms with Gasteiger partial charge in [-0.2, -0.15) is 0 Å². The van der Waals surface area contributed by atoms with Crippen molar-refractivity contribution in [3.63, 3.8) is 0 Å². The summed E-state index contributed by atoms with van der Waals surface area (Å²) in [6.45, 7) is 1.17. The van der Waals surface area contributed by atoms with E-state index in [4.69, 9.17) is 4.74 Å². The van der Waals surface area contributed by atoms with Gasteiger partial charge in [0.2, 0.25) is 0 Å². The molecule has 0 radical (unpaired) electrons. The van der Waals surface area contributed by atoms with Crippen LogP contribution in [0.2, 0.25) is 0 Å². The van der Waals surface area contributed by atoms with E-state index < -0.39 is 23.4 Å². The number of nitro benzene ring substituents is 1. The number of amides is 1. The number of hydrogen-bond acceptors (Lipinski definition) is 6. The standard InChI is InChI=1S/C13H14N2O6/c1-3-4-13(17)21-8-12(16)14-10-6-5-9(15(18)19)7-11(10)20-2/h3-7H,8H2,1-2H3,(H,14,16)/b4-3+. The van der Waals surface area contributed by atoms with Crippen LogP contribution in [0.3, 0.4) is 0 Å². The third kappa shape index (κ3) is 4.94. The fourth-order valence-corrected chi connectivity index (χ4v) is 1.40. The van der Waals surface area contributed by atoms with Gasteiger partial charge in [-0.15, -0.1) is 0 Å². The van der Waals surface area contributed by atoms with E-state index in [0.29, 0.717) is 0 Å². The van der Waals surface area contributed by atoms with Gasteiger partial charge in [0.25, 0.3) is 11.6 Å². The van der Waals surface area contributed by atoms with Gasteiger partial charge in [-0.05, 0) is 13.0 Å². The monoisotopic (exact) mass is 294 g/mol. The highest BCUT2D eigenvalue weighted by molar-refractivity contribution is 5.95. The second kappa shape index (κ2) is 7.63. The molecule has 0 aliphatic rings. The van der Waals surface area contributed by atoms with Crippen molar-refractivity contribution in [3.05, 3.63) is 40.5 Å². The van der Waals surface area contributed by atoms with Crippen molar-refractivity contribution in [2.45, 2.75) is 6.92 Å². The fraction of sp³-hybridized carbons (Fsp3) is 0.231. The number of ether oxygens (including phenoxy) is 2. The first-order valence-corrected chi connectivity index (χ1v) is 5.89. The van der Waals surface area contributed by atoms with Gasteiger partial charge in [-0.3, -0.25) is 14.9 Å². The summed E-state index contributed by atoms with van der Waals surface area (Å²) >= 11 is 0. The molecule has 0 heterocycles. The Morgan fingerprint density at radius 1 is 1.43 bits per heavy atom. The van der Waals surface area contributed by atoms with E-state index in [1.165, 1.54) is 37.5 Å². The van der Waals surface area contributed by atoms with Crippen molar-refractivity contribution in [3.8, 4) is 5.75 Å². The highest BCUT2D eigenvalue weighted by Gasteiger charge is 2.14. The predicted molar refractivity (Wildman–Crippen MR) is 74.1 cm³/mol. The lowest BCUT2D eigenvalue weighted by Crippen LogP contribution is -2.20. The molecule has 0 spiro atoms. The van der Waals surface area contributed by atoms with Crippen molar-refractivity contribution in [1.82, 2.24) is 0 Å². The van der Waals surface area contributed by atoms with E-state index in [9.17, 15) is 19.7 Å². The van der Waals surface area contributed by atoms with Crippen LogP contribution in [0.15, 0.2) is 30.4 Å². The number of non-ortho nitro benzene ring substituents is 1. The maximum Gasteiger partial charge on any atom is 0.330 e. The highest BCUT2D eigenvalue weighted by Crippen LogP contribution is 2.28. The summed E-state index contributed by atoms with van der Waals surface area (Å²) in [5.41, 5.74) is 0.0829. The Labute approximate surface area is 120 Å². The number of anilines is 1. The largest absolute Gasteiger partial charge is 0.494 e. The van der Waals surface area contributed by atoms with Gasteiger partial charge in [-0.1, -0.05) is 6.08 Å². The first-order valence-electron chi connectivity index (χ1n) is 5.89. The molecule has 1 aromatic rings. The molecule has 0 unspecified atom stereocenters. The summed E-state index contributed by atoms with van der Waals surface area (Å²) in [4.78, 5) is 32.7. The van der Waals surface area contributed by atoms with Crippen molar-refractivity contribution < 1.29 is 24.0 Å². The van der Waals surface area contributed by atoms with Crippen molar-refractivity contribution in [1.29, 1.82) is 0 Å². The number of benzene rings is 1. The summed E-state index contributed by atoms with van der Waals surface area (Å²) in [5.74, 6) is -1.08. The number of nitro groups is 1. The Kier molecular flexibility index (Phi) is 5.87. The van der Waals surface area contributed by atoms with E-state index in [0.717, 1.165) is 0 Å². The third-order valence-electron chi connectivity index (χ3n) is 2.32. The van der Waals surface area contributed by atoms with Crippen molar-refractivity contribution in [2.75, 3.05) is 19.0 Å². The van der Waals surface area contributed by atoms with Gasteiger partial charge < -0.3 is 14.8 Å². The number of nitrogens with zero attached hydrogens (tertiary/aromatic N) is 1. The molecule has 1 aromatic carbocycles. The topological polar surface area (TPSA) is 108 Å². The Balaban J connectivity index is 2.71. The zero-order valence-electron chi connectivity index (χ0n) is 11.5. The first-order chi connectivity index (χ1) is 9.97. The Morgan fingerprint density at radius 2 is 2.14 bits per heavy atom. The zero-order valence-corrected chi connectivity index (χ0v) is 11.5. The summed E-state index contributed by atoms with van der Waals surface area (Å²) in [6.07, 6.45) is 2.67. The molecule has 1 N–H and O–H groups in total. The number of nitrogens with one attached hydrogen (secondary N) is 1. The molecule has 0 saturated heterocycles. The Hall–Kier alpha value is -2.90. The van der Waals surface area contributed by atoms with Gasteiger partial charge in [0.1, 0.15) is 5.75 Å². The van der Waals surface area contributed by atoms with Crippen LogP contribution in [-0.4, -0.2) is 30.5 Å². The summed E-state index contributed by atoms with van der Waals surface area (Å²) in [7, 11) is 1.32. The first kappa shape index (κ1) is 16.2. The second-order valence-corrected chi connectivity index (χ2v) is 3.80. The molecule has 0 bridgehead atoms. The smallest absolute Gasteiger partial charge is 0.330 e. The van der Waals surface area contributed by atoms with E-state index in [-0.39, 0.29) is 17.1 Å². The SMILES string of the molecule is C/C=C/C(=O)OCC(=O)Nc1ccc([N+](=O)[O-])cc1OC. The molecule has 8 nitrogen and oxygen atoms in total. The number of carbonyl (C=O) groups is 2. The lowest BCUT2D eigenvalue weighted by molar-refractivity contribution is -0.384. The van der Waals surface area contributed by atoms with Crippen LogP contribution in [0.4, 0.5) is 11.4 Å². The second-order valence-electron chi connectivity index (χ2n) is 3.80. The van der Waals surface area contributed by atoms with Crippen molar-refractivity contribution in [2.24, 2.45) is 0 Å². The maximum atomic E-state index is 11.6. The third-order valence-corrected chi connectivity index (χ3v) is 2.32. The number of rotatable bonds is 6. The van der Waals surface area contributed by atoms with Gasteiger partial charge >= 0.3 is 5.97 Å². The molecule has 0 aromatic heterocycles. The molecule has 0 aliphatic carbocycles. The molecule has 0 aliphatic heterocycles. The number of hydrogen-bond donors (Lipinski definition) is 1. The minimum atomic E-state index is -0.636. The minimum absolute atomic E-state index is 0.136. The van der Waals surface area contributed by atoms with Gasteiger partial charge in [0.15, 0.2) is 6.61 Å².